The Morgan fingerprint density at radius 2 is 2.07 bits per heavy atom. The fourth-order valence-electron chi connectivity index (χ4n) is 2.82. The van der Waals surface area contributed by atoms with Gasteiger partial charge in [-0.1, -0.05) is 30.3 Å². The van der Waals surface area contributed by atoms with Crippen molar-refractivity contribution in [3.8, 4) is 27.7 Å². The topological polar surface area (TPSA) is 67.9 Å². The molecule has 0 unspecified atom stereocenters. The second-order valence-corrected chi connectivity index (χ2v) is 7.23. The van der Waals surface area contributed by atoms with Gasteiger partial charge >= 0.3 is 13.2 Å². The Morgan fingerprint density at radius 3 is 2.67 bits per heavy atom. The number of hydrogen-bond donors (Lipinski definition) is 0. The summed E-state index contributed by atoms with van der Waals surface area (Å²) in [6.07, 6.45) is 1.92. The molecular weight excluding hydrogens is 357 g/mol. The lowest BCUT2D eigenvalue weighted by Crippen LogP contribution is -2.19. The first-order valence-electron chi connectivity index (χ1n) is 8.74. The van der Waals surface area contributed by atoms with Crippen LogP contribution in [0.25, 0.3) is 21.7 Å². The quantitative estimate of drug-likeness (QED) is 0.484. The van der Waals surface area contributed by atoms with Gasteiger partial charge in [0, 0.05) is 23.8 Å². The van der Waals surface area contributed by atoms with Crippen molar-refractivity contribution in [3.63, 3.8) is 0 Å². The Bertz CT molecular complexity index is 987. The first kappa shape index (κ1) is 18.9. The normalized spacial score (nSPS) is 10.6. The van der Waals surface area contributed by atoms with Gasteiger partial charge in [0.2, 0.25) is 0 Å². The number of aromatic nitrogens is 2. The van der Waals surface area contributed by atoms with E-state index in [1.807, 2.05) is 53.2 Å². The molecule has 3 aromatic rings. The average molecular weight is 376 g/mol. The van der Waals surface area contributed by atoms with Gasteiger partial charge in [0.15, 0.2) is 0 Å². The van der Waals surface area contributed by atoms with Crippen LogP contribution in [0.3, 0.4) is 0 Å². The number of thiophene rings is 1. The summed E-state index contributed by atoms with van der Waals surface area (Å²) in [5.41, 5.74) is 2.84. The molecule has 0 bridgehead atoms. The predicted octanol–water partition coefficient (Wildman–Crippen LogP) is 3.85. The molecule has 0 spiro atoms. The number of nitriles is 1. The van der Waals surface area contributed by atoms with E-state index < -0.39 is 5.97 Å². The third-order valence-electron chi connectivity index (χ3n) is 4.04. The zero-order chi connectivity index (χ0) is 19.4. The Morgan fingerprint density at radius 1 is 1.33 bits per heavy atom. The van der Waals surface area contributed by atoms with E-state index in [2.05, 4.69) is 18.9 Å². The van der Waals surface area contributed by atoms with Gasteiger partial charge in [0.1, 0.15) is 5.69 Å². The van der Waals surface area contributed by atoms with E-state index in [-0.39, 0.29) is 12.6 Å². The average Bonchev–Trinajstić information content (AvgIpc) is 3.28. The van der Waals surface area contributed by atoms with Gasteiger partial charge in [-0.3, -0.25) is 4.68 Å². The van der Waals surface area contributed by atoms with Crippen LogP contribution in [-0.2, 0) is 4.74 Å². The summed E-state index contributed by atoms with van der Waals surface area (Å²) < 4.78 is 7.75. The Labute approximate surface area is 163 Å². The fraction of sp³-hybridized carbons (Fsp3) is 0.250. The Balaban J connectivity index is 2.27. The van der Waals surface area contributed by atoms with Gasteiger partial charge in [0.25, 0.3) is 0 Å². The third-order valence-corrected chi connectivity index (χ3v) is 5.20. The summed E-state index contributed by atoms with van der Waals surface area (Å²) in [4.78, 5) is 13.6. The molecule has 2 aromatic heterocycles. The highest BCUT2D eigenvalue weighted by atomic mass is 32.1. The minimum Gasteiger partial charge on any atom is -0.462 e. The third kappa shape index (κ3) is 3.81. The zero-order valence-corrected chi connectivity index (χ0v) is 16.3. The van der Waals surface area contributed by atoms with Crippen LogP contribution in [0, 0.1) is 11.2 Å². The maximum atomic E-state index is 12.7. The van der Waals surface area contributed by atoms with Crippen LogP contribution in [-0.4, -0.2) is 29.6 Å². The lowest BCUT2D eigenvalue weighted by Gasteiger charge is -2.08. The molecule has 0 aliphatic carbocycles. The summed E-state index contributed by atoms with van der Waals surface area (Å²) in [6.45, 7) is 6.15. The number of nitrogens with zero attached hydrogens (tertiary/aromatic N) is 3. The van der Waals surface area contributed by atoms with Crippen molar-refractivity contribution in [1.29, 1.82) is 5.26 Å². The highest BCUT2D eigenvalue weighted by Gasteiger charge is 2.27. The smallest absolute Gasteiger partial charge is 0.339 e. The molecule has 0 amide bonds. The molecular formula is C20H19BN3O2S. The number of rotatable bonds is 6. The van der Waals surface area contributed by atoms with Gasteiger partial charge in [-0.15, -0.1) is 11.3 Å². The highest BCUT2D eigenvalue weighted by Crippen LogP contribution is 2.38. The van der Waals surface area contributed by atoms with Crippen LogP contribution in [0.5, 0.6) is 0 Å². The number of benzene rings is 1. The molecule has 1 aromatic carbocycles. The second kappa shape index (κ2) is 8.23. The van der Waals surface area contributed by atoms with Gasteiger partial charge in [0.05, 0.1) is 17.0 Å². The summed E-state index contributed by atoms with van der Waals surface area (Å²) in [5, 5.41) is 13.9. The maximum Gasteiger partial charge on any atom is 0.339 e. The summed E-state index contributed by atoms with van der Waals surface area (Å²) >= 11 is 1.38. The lowest BCUT2D eigenvalue weighted by molar-refractivity contribution is 0.0529. The molecule has 3 rings (SSSR count). The van der Waals surface area contributed by atoms with E-state index in [1.54, 1.807) is 6.92 Å². The lowest BCUT2D eigenvalue weighted by atomic mass is 9.76. The molecule has 0 saturated heterocycles. The molecule has 0 saturated carbocycles. The molecule has 5 nitrogen and oxygen atoms in total. The van der Waals surface area contributed by atoms with Crippen LogP contribution in [0.2, 0.25) is 0 Å². The molecule has 27 heavy (non-hydrogen) atoms. The largest absolute Gasteiger partial charge is 0.462 e. The van der Waals surface area contributed by atoms with E-state index in [4.69, 9.17) is 4.74 Å². The van der Waals surface area contributed by atoms with Crippen molar-refractivity contribution in [1.82, 2.24) is 9.78 Å². The summed E-state index contributed by atoms with van der Waals surface area (Å²) in [7, 11) is 1.40. The van der Waals surface area contributed by atoms with Crippen molar-refractivity contribution < 1.29 is 9.53 Å². The van der Waals surface area contributed by atoms with E-state index in [0.29, 0.717) is 10.3 Å². The predicted molar refractivity (Wildman–Crippen MR) is 108 cm³/mol. The first-order valence-corrected chi connectivity index (χ1v) is 9.56. The Kier molecular flexibility index (Phi) is 5.77. The number of hydrogen-bond acceptors (Lipinski definition) is 5. The molecule has 0 fully saturated rings. The molecule has 0 aliphatic rings. The standard InChI is InChI=1S/C20H19BN3O2S/c1-4-26-20(25)17-16(14-8-6-5-7-9-14)18(27-19(17)21-12-22)15-10-11-24(23-15)13(2)3/h5-11,13H,4H2,1-3H3. The van der Waals surface area contributed by atoms with Crippen LogP contribution in [0.15, 0.2) is 42.6 Å². The van der Waals surface area contributed by atoms with Crippen LogP contribution in [0.4, 0.5) is 0 Å². The first-order chi connectivity index (χ1) is 13.1. The number of ether oxygens (including phenoxy) is 1. The zero-order valence-electron chi connectivity index (χ0n) is 15.5. The minimum absolute atomic E-state index is 0.230. The number of esters is 1. The SMILES string of the molecule is CCOC(=O)c1c([B]C#N)sc(-c2ccn(C(C)C)n2)c1-c1ccccc1. The Hall–Kier alpha value is -2.85. The molecule has 0 N–H and O–H groups in total. The van der Waals surface area contributed by atoms with Gasteiger partial charge in [-0.25, -0.2) is 10.1 Å². The second-order valence-electron chi connectivity index (χ2n) is 6.18. The van der Waals surface area contributed by atoms with Gasteiger partial charge in [-0.05, 0) is 37.2 Å². The fourth-order valence-corrected chi connectivity index (χ4v) is 3.98. The minimum atomic E-state index is -0.427. The molecule has 1 radical (unpaired) electrons. The van der Waals surface area contributed by atoms with E-state index in [1.165, 1.54) is 18.6 Å². The molecule has 0 aliphatic heterocycles. The van der Waals surface area contributed by atoms with Crippen molar-refractivity contribution >= 4 is 29.4 Å². The molecule has 0 atom stereocenters. The number of carbonyl (C=O) groups is 1. The van der Waals surface area contributed by atoms with Gasteiger partial charge < -0.3 is 4.74 Å². The van der Waals surface area contributed by atoms with Crippen LogP contribution in [0.1, 0.15) is 37.2 Å². The van der Waals surface area contributed by atoms with Gasteiger partial charge in [-0.2, -0.15) is 5.10 Å². The van der Waals surface area contributed by atoms with Crippen molar-refractivity contribution in [3.05, 3.63) is 48.2 Å². The molecule has 2 heterocycles. The van der Waals surface area contributed by atoms with E-state index >= 15 is 0 Å². The number of carbonyl (C=O) groups excluding carboxylic acids is 1. The van der Waals surface area contributed by atoms with Crippen molar-refractivity contribution in [2.24, 2.45) is 0 Å². The molecule has 7 heteroatoms. The monoisotopic (exact) mass is 376 g/mol. The summed E-state index contributed by atoms with van der Waals surface area (Å²) in [5.74, 6) is 1.61. The van der Waals surface area contributed by atoms with Crippen LogP contribution < -0.4 is 4.78 Å². The van der Waals surface area contributed by atoms with E-state index in [9.17, 15) is 10.1 Å². The van der Waals surface area contributed by atoms with Crippen LogP contribution >= 0.6 is 11.3 Å². The highest BCUT2D eigenvalue weighted by molar-refractivity contribution is 7.26. The van der Waals surface area contributed by atoms with E-state index in [0.717, 1.165) is 21.7 Å². The maximum absolute atomic E-state index is 12.7. The molecule has 135 valence electrons. The van der Waals surface area contributed by atoms with Crippen molar-refractivity contribution in [2.45, 2.75) is 26.8 Å². The summed E-state index contributed by atoms with van der Waals surface area (Å²) in [6, 6.07) is 11.8. The van der Waals surface area contributed by atoms with Crippen molar-refractivity contribution in [2.75, 3.05) is 6.61 Å².